The van der Waals surface area contributed by atoms with Crippen LogP contribution in [0.5, 0.6) is 0 Å². The van der Waals surface area contributed by atoms with E-state index in [1.165, 1.54) is 0 Å². The third-order valence-corrected chi connectivity index (χ3v) is 5.22. The fraction of sp³-hybridized carbons (Fsp3) is 0.381. The van der Waals surface area contributed by atoms with Crippen LogP contribution in [0.3, 0.4) is 0 Å². The number of nitrogens with one attached hydrogen (secondary N) is 1. The van der Waals surface area contributed by atoms with Crippen molar-refractivity contribution in [1.29, 1.82) is 0 Å². The van der Waals surface area contributed by atoms with E-state index in [2.05, 4.69) is 12.2 Å². The van der Waals surface area contributed by atoms with Crippen molar-refractivity contribution in [2.24, 2.45) is 5.92 Å². The standard InChI is InChI=1S/C21H25ClN2O.ClH/c1-2-23-15-16-10-12-24(13-11-16)21(25)19-14-18(8-9-20(19)22)17-6-4-3-5-7-17;/h3-9,14,16,23H,2,10-13,15H2,1H3;1H. The van der Waals surface area contributed by atoms with E-state index in [9.17, 15) is 4.79 Å². The Kier molecular flexibility index (Phi) is 7.95. The monoisotopic (exact) mass is 392 g/mol. The third-order valence-electron chi connectivity index (χ3n) is 4.89. The first kappa shape index (κ1) is 20.8. The number of amides is 1. The average Bonchev–Trinajstić information content (AvgIpc) is 2.67. The Hall–Kier alpha value is -1.55. The molecule has 140 valence electrons. The van der Waals surface area contributed by atoms with E-state index in [-0.39, 0.29) is 18.3 Å². The van der Waals surface area contributed by atoms with E-state index < -0.39 is 0 Å². The van der Waals surface area contributed by atoms with Crippen LogP contribution >= 0.6 is 24.0 Å². The molecule has 0 bridgehead atoms. The van der Waals surface area contributed by atoms with Crippen LogP contribution in [-0.4, -0.2) is 37.0 Å². The molecule has 0 unspecified atom stereocenters. The molecule has 0 saturated carbocycles. The minimum atomic E-state index is 0. The first-order valence-corrected chi connectivity index (χ1v) is 9.41. The van der Waals surface area contributed by atoms with Crippen molar-refractivity contribution >= 4 is 29.9 Å². The molecule has 2 aromatic carbocycles. The fourth-order valence-electron chi connectivity index (χ4n) is 3.36. The molecule has 0 aliphatic carbocycles. The molecule has 1 aliphatic rings. The lowest BCUT2D eigenvalue weighted by atomic mass is 9.96. The summed E-state index contributed by atoms with van der Waals surface area (Å²) in [4.78, 5) is 14.9. The van der Waals surface area contributed by atoms with Gasteiger partial charge in [-0.05, 0) is 55.1 Å². The molecule has 3 nitrogen and oxygen atoms in total. The molecular formula is C21H26Cl2N2O. The average molecular weight is 393 g/mol. The molecule has 1 aliphatic heterocycles. The van der Waals surface area contributed by atoms with Crippen molar-refractivity contribution in [3.05, 3.63) is 59.1 Å². The van der Waals surface area contributed by atoms with Crippen LogP contribution in [0.25, 0.3) is 11.1 Å². The predicted molar refractivity (Wildman–Crippen MR) is 111 cm³/mol. The summed E-state index contributed by atoms with van der Waals surface area (Å²) < 4.78 is 0. The predicted octanol–water partition coefficient (Wildman–Crippen LogP) is 4.89. The molecular weight excluding hydrogens is 367 g/mol. The summed E-state index contributed by atoms with van der Waals surface area (Å²) in [6.45, 7) is 5.78. The molecule has 0 aromatic heterocycles. The maximum Gasteiger partial charge on any atom is 0.255 e. The zero-order valence-corrected chi connectivity index (χ0v) is 16.7. The number of nitrogens with zero attached hydrogens (tertiary/aromatic N) is 1. The summed E-state index contributed by atoms with van der Waals surface area (Å²) in [7, 11) is 0. The number of benzene rings is 2. The van der Waals surface area contributed by atoms with E-state index in [0.717, 1.165) is 50.1 Å². The smallest absolute Gasteiger partial charge is 0.255 e. The van der Waals surface area contributed by atoms with Crippen LogP contribution in [0, 0.1) is 5.92 Å². The molecule has 1 saturated heterocycles. The summed E-state index contributed by atoms with van der Waals surface area (Å²) in [5, 5.41) is 3.93. The molecule has 0 spiro atoms. The van der Waals surface area contributed by atoms with E-state index >= 15 is 0 Å². The quantitative estimate of drug-likeness (QED) is 0.785. The lowest BCUT2D eigenvalue weighted by Crippen LogP contribution is -2.40. The molecule has 1 N–H and O–H groups in total. The minimum Gasteiger partial charge on any atom is -0.339 e. The Morgan fingerprint density at radius 1 is 1.12 bits per heavy atom. The number of rotatable bonds is 5. The van der Waals surface area contributed by atoms with Crippen LogP contribution < -0.4 is 5.32 Å². The van der Waals surface area contributed by atoms with Crippen LogP contribution in [0.2, 0.25) is 5.02 Å². The zero-order valence-electron chi connectivity index (χ0n) is 15.1. The van der Waals surface area contributed by atoms with Gasteiger partial charge in [-0.25, -0.2) is 0 Å². The SMILES string of the molecule is CCNCC1CCN(C(=O)c2cc(-c3ccccc3)ccc2Cl)CC1.Cl. The van der Waals surface area contributed by atoms with Gasteiger partial charge in [0.1, 0.15) is 0 Å². The first-order valence-electron chi connectivity index (χ1n) is 9.04. The van der Waals surface area contributed by atoms with Gasteiger partial charge < -0.3 is 10.2 Å². The fourth-order valence-corrected chi connectivity index (χ4v) is 3.56. The number of halogens is 2. The van der Waals surface area contributed by atoms with Gasteiger partial charge >= 0.3 is 0 Å². The highest BCUT2D eigenvalue weighted by molar-refractivity contribution is 6.34. The van der Waals surface area contributed by atoms with Crippen molar-refractivity contribution in [2.75, 3.05) is 26.2 Å². The van der Waals surface area contributed by atoms with Gasteiger partial charge in [-0.15, -0.1) is 12.4 Å². The highest BCUT2D eigenvalue weighted by atomic mass is 35.5. The maximum atomic E-state index is 13.0. The molecule has 3 rings (SSSR count). The topological polar surface area (TPSA) is 32.3 Å². The second kappa shape index (κ2) is 9.96. The number of hydrogen-bond donors (Lipinski definition) is 1. The Labute approximate surface area is 167 Å². The summed E-state index contributed by atoms with van der Waals surface area (Å²) in [6, 6.07) is 15.8. The molecule has 1 amide bonds. The van der Waals surface area contributed by atoms with Gasteiger partial charge in [0.05, 0.1) is 10.6 Å². The van der Waals surface area contributed by atoms with Gasteiger partial charge in [0, 0.05) is 13.1 Å². The zero-order chi connectivity index (χ0) is 17.6. The second-order valence-electron chi connectivity index (χ2n) is 6.60. The van der Waals surface area contributed by atoms with E-state index in [4.69, 9.17) is 11.6 Å². The molecule has 0 atom stereocenters. The van der Waals surface area contributed by atoms with Crippen LogP contribution in [0.4, 0.5) is 0 Å². The molecule has 1 heterocycles. The minimum absolute atomic E-state index is 0. The van der Waals surface area contributed by atoms with Gasteiger partial charge in [-0.1, -0.05) is 54.9 Å². The van der Waals surface area contributed by atoms with Crippen molar-refractivity contribution < 1.29 is 4.79 Å². The van der Waals surface area contributed by atoms with Crippen LogP contribution in [0.1, 0.15) is 30.1 Å². The highest BCUT2D eigenvalue weighted by Crippen LogP contribution is 2.27. The van der Waals surface area contributed by atoms with Gasteiger partial charge in [-0.2, -0.15) is 0 Å². The van der Waals surface area contributed by atoms with Crippen LogP contribution in [-0.2, 0) is 0 Å². The summed E-state index contributed by atoms with van der Waals surface area (Å²) in [5.41, 5.74) is 2.72. The van der Waals surface area contributed by atoms with Crippen molar-refractivity contribution in [3.63, 3.8) is 0 Å². The van der Waals surface area contributed by atoms with Crippen molar-refractivity contribution in [1.82, 2.24) is 10.2 Å². The summed E-state index contributed by atoms with van der Waals surface area (Å²) in [6.07, 6.45) is 2.10. The third kappa shape index (κ3) is 5.00. The summed E-state index contributed by atoms with van der Waals surface area (Å²) in [5.74, 6) is 0.708. The Balaban J connectivity index is 0.00000243. The molecule has 1 fully saturated rings. The van der Waals surface area contributed by atoms with Gasteiger partial charge in [0.2, 0.25) is 0 Å². The lowest BCUT2D eigenvalue weighted by molar-refractivity contribution is 0.0690. The Bertz CT molecular complexity index is 713. The van der Waals surface area contributed by atoms with Crippen LogP contribution in [0.15, 0.2) is 48.5 Å². The van der Waals surface area contributed by atoms with E-state index in [1.54, 1.807) is 0 Å². The molecule has 26 heavy (non-hydrogen) atoms. The molecule has 5 heteroatoms. The Morgan fingerprint density at radius 2 is 1.81 bits per heavy atom. The number of carbonyl (C=O) groups excluding carboxylic acids is 1. The normalized spacial score (nSPS) is 14.8. The highest BCUT2D eigenvalue weighted by Gasteiger charge is 2.24. The van der Waals surface area contributed by atoms with Crippen molar-refractivity contribution in [2.45, 2.75) is 19.8 Å². The number of likely N-dealkylation sites (tertiary alicyclic amines) is 1. The molecule has 2 aromatic rings. The van der Waals surface area contributed by atoms with Gasteiger partial charge in [0.15, 0.2) is 0 Å². The molecule has 0 radical (unpaired) electrons. The maximum absolute atomic E-state index is 13.0. The van der Waals surface area contributed by atoms with Crippen molar-refractivity contribution in [3.8, 4) is 11.1 Å². The van der Waals surface area contributed by atoms with E-state index in [1.807, 2.05) is 53.4 Å². The number of hydrogen-bond acceptors (Lipinski definition) is 2. The number of piperidine rings is 1. The number of carbonyl (C=O) groups is 1. The largest absolute Gasteiger partial charge is 0.339 e. The lowest BCUT2D eigenvalue weighted by Gasteiger charge is -2.32. The Morgan fingerprint density at radius 3 is 2.46 bits per heavy atom. The first-order chi connectivity index (χ1) is 12.2. The van der Waals surface area contributed by atoms with Gasteiger partial charge in [0.25, 0.3) is 5.91 Å². The van der Waals surface area contributed by atoms with E-state index in [0.29, 0.717) is 16.5 Å². The second-order valence-corrected chi connectivity index (χ2v) is 7.01. The summed E-state index contributed by atoms with van der Waals surface area (Å²) >= 11 is 6.34. The van der Waals surface area contributed by atoms with Gasteiger partial charge in [-0.3, -0.25) is 4.79 Å².